The van der Waals surface area contributed by atoms with Gasteiger partial charge in [0.2, 0.25) is 11.8 Å². The molecule has 4 rings (SSSR count). The summed E-state index contributed by atoms with van der Waals surface area (Å²) in [6.45, 7) is 1.81. The van der Waals surface area contributed by atoms with Gasteiger partial charge in [0, 0.05) is 23.6 Å². The van der Waals surface area contributed by atoms with Gasteiger partial charge in [-0.05, 0) is 53.2 Å². The number of carbonyl (C=O) groups is 5. The number of rotatable bonds is 11. The minimum absolute atomic E-state index is 0.0939. The van der Waals surface area contributed by atoms with Crippen molar-refractivity contribution in [2.45, 2.75) is 51.1 Å². The maximum atomic E-state index is 13.3. The fourth-order valence-electron chi connectivity index (χ4n) is 4.65. The number of hydrogen-bond acceptors (Lipinski definition) is 9. The van der Waals surface area contributed by atoms with Crippen molar-refractivity contribution in [1.82, 2.24) is 16.0 Å². The van der Waals surface area contributed by atoms with Gasteiger partial charge in [0.15, 0.2) is 0 Å². The van der Waals surface area contributed by atoms with Crippen molar-refractivity contribution in [3.05, 3.63) is 58.7 Å². The number of carboxylic acid groups (broad SMARTS) is 1. The van der Waals surface area contributed by atoms with E-state index in [9.17, 15) is 39.1 Å². The van der Waals surface area contributed by atoms with Crippen LogP contribution in [0.1, 0.15) is 51.6 Å². The van der Waals surface area contributed by atoms with Crippen LogP contribution in [0.15, 0.2) is 36.4 Å². The van der Waals surface area contributed by atoms with Crippen molar-refractivity contribution in [1.29, 1.82) is 0 Å². The number of carboxylic acids is 1. The third kappa shape index (κ3) is 7.10. The van der Waals surface area contributed by atoms with Crippen LogP contribution < -0.4 is 32.6 Å². The fraction of sp³-hybridized carbons (Fsp3) is 0.320. The second kappa shape index (κ2) is 12.5. The van der Waals surface area contributed by atoms with E-state index in [1.807, 2.05) is 0 Å². The van der Waals surface area contributed by atoms with Crippen LogP contribution in [0.5, 0.6) is 0 Å². The third-order valence-electron chi connectivity index (χ3n) is 6.78. The van der Waals surface area contributed by atoms with Gasteiger partial charge in [-0.25, -0.2) is 0 Å². The number of fused-ring (bicyclic) bond motifs is 2. The highest BCUT2D eigenvalue weighted by Crippen LogP contribution is 2.14. The van der Waals surface area contributed by atoms with Gasteiger partial charge in [-0.3, -0.25) is 24.0 Å². The van der Waals surface area contributed by atoms with Crippen LogP contribution in [0.4, 0.5) is 0 Å². The number of aliphatic carboxylic acids is 1. The monoisotopic (exact) mass is 566 g/mol. The molecule has 0 radical (unpaired) electrons. The fourth-order valence-corrected chi connectivity index (χ4v) is 4.65. The summed E-state index contributed by atoms with van der Waals surface area (Å²) in [4.78, 5) is 62.3. The lowest BCUT2D eigenvalue weighted by molar-refractivity contribution is -0.138. The lowest BCUT2D eigenvalue weighted by atomic mass is 9.78. The predicted molar refractivity (Wildman–Crippen MR) is 144 cm³/mol. The Morgan fingerprint density at radius 2 is 1.37 bits per heavy atom. The van der Waals surface area contributed by atoms with Crippen LogP contribution in [0.3, 0.4) is 0 Å². The molecule has 0 aliphatic carbocycles. The molecule has 41 heavy (non-hydrogen) atoms. The molecule has 2 heterocycles. The molecular weight excluding hydrogens is 538 g/mol. The van der Waals surface area contributed by atoms with Crippen molar-refractivity contribution in [2.24, 2.45) is 5.73 Å². The van der Waals surface area contributed by atoms with Crippen LogP contribution in [-0.4, -0.2) is 77.1 Å². The zero-order chi connectivity index (χ0) is 29.8. The number of amides is 4. The minimum Gasteiger partial charge on any atom is -0.481 e. The van der Waals surface area contributed by atoms with Crippen LogP contribution in [0.2, 0.25) is 0 Å². The van der Waals surface area contributed by atoms with E-state index in [1.54, 1.807) is 12.1 Å². The molecule has 3 atom stereocenters. The summed E-state index contributed by atoms with van der Waals surface area (Å²) >= 11 is 0. The molecule has 0 aromatic heterocycles. The van der Waals surface area contributed by atoms with Crippen LogP contribution in [-0.2, 0) is 36.9 Å². The molecule has 0 saturated carbocycles. The molecule has 0 saturated heterocycles. The van der Waals surface area contributed by atoms with Crippen LogP contribution in [0.25, 0.3) is 0 Å². The topological polar surface area (TPSA) is 227 Å². The number of carbonyl (C=O) groups excluding carboxylic acids is 4. The highest BCUT2D eigenvalue weighted by atomic mass is 16.5. The zero-order valence-electron chi connectivity index (χ0n) is 22.0. The lowest BCUT2D eigenvalue weighted by Crippen LogP contribution is -2.59. The maximum Gasteiger partial charge on any atom is 0.491 e. The molecule has 0 fully saturated rings. The van der Waals surface area contributed by atoms with Crippen molar-refractivity contribution in [3.8, 4) is 0 Å². The SMILES string of the molecule is C[C@H](NC(=O)c1ccc2c(c1)B(O)OC2)[C@H](NC(=O)c1ccc2c(c1)B(O)OC2)C(=O)NC(CC(N)=O)CC(=O)O. The molecule has 0 spiro atoms. The van der Waals surface area contributed by atoms with E-state index >= 15 is 0 Å². The predicted octanol–water partition coefficient (Wildman–Crippen LogP) is -3.13. The second-order valence-corrected chi connectivity index (χ2v) is 9.84. The normalized spacial score (nSPS) is 15.8. The van der Waals surface area contributed by atoms with Gasteiger partial charge in [-0.2, -0.15) is 0 Å². The van der Waals surface area contributed by atoms with Crippen molar-refractivity contribution in [2.75, 3.05) is 0 Å². The summed E-state index contributed by atoms with van der Waals surface area (Å²) in [7, 11) is -2.39. The van der Waals surface area contributed by atoms with Gasteiger partial charge >= 0.3 is 20.2 Å². The Hall–Kier alpha value is -4.24. The molecule has 8 N–H and O–H groups in total. The molecule has 2 aliphatic rings. The quantitative estimate of drug-likeness (QED) is 0.135. The zero-order valence-corrected chi connectivity index (χ0v) is 22.0. The average molecular weight is 566 g/mol. The average Bonchev–Trinajstić information content (AvgIpc) is 3.47. The van der Waals surface area contributed by atoms with E-state index in [0.29, 0.717) is 16.5 Å². The first kappa shape index (κ1) is 29.7. The Bertz CT molecular complexity index is 1370. The molecule has 14 nitrogen and oxygen atoms in total. The van der Waals surface area contributed by atoms with Gasteiger partial charge in [0.25, 0.3) is 11.8 Å². The summed E-state index contributed by atoms with van der Waals surface area (Å²) in [6, 6.07) is 5.43. The Kier molecular flexibility index (Phi) is 9.08. The summed E-state index contributed by atoms with van der Waals surface area (Å²) in [6.07, 6.45) is -1.08. The van der Waals surface area contributed by atoms with E-state index in [1.165, 1.54) is 31.2 Å². The summed E-state index contributed by atoms with van der Waals surface area (Å²) < 4.78 is 10.3. The van der Waals surface area contributed by atoms with Crippen molar-refractivity contribution in [3.63, 3.8) is 0 Å². The molecule has 4 amide bonds. The Morgan fingerprint density at radius 1 is 0.854 bits per heavy atom. The summed E-state index contributed by atoms with van der Waals surface area (Å²) in [5.74, 6) is -4.36. The molecular formula is C25H28B2N4O10. The van der Waals surface area contributed by atoms with E-state index in [-0.39, 0.29) is 24.3 Å². The van der Waals surface area contributed by atoms with E-state index < -0.39 is 74.8 Å². The molecule has 0 bridgehead atoms. The molecule has 2 aromatic rings. The number of benzene rings is 2. The Balaban J connectivity index is 1.55. The van der Waals surface area contributed by atoms with Crippen LogP contribution in [0, 0.1) is 0 Å². The Labute approximate surface area is 234 Å². The first-order valence-electron chi connectivity index (χ1n) is 12.7. The third-order valence-corrected chi connectivity index (χ3v) is 6.78. The van der Waals surface area contributed by atoms with E-state index in [2.05, 4.69) is 16.0 Å². The van der Waals surface area contributed by atoms with Gasteiger partial charge in [0.1, 0.15) is 6.04 Å². The van der Waals surface area contributed by atoms with Gasteiger partial charge in [-0.15, -0.1) is 0 Å². The molecule has 1 unspecified atom stereocenters. The first-order valence-corrected chi connectivity index (χ1v) is 12.7. The molecule has 2 aromatic carbocycles. The molecule has 16 heteroatoms. The number of nitrogens with two attached hydrogens (primary N) is 1. The number of hydrogen-bond donors (Lipinski definition) is 7. The molecule has 214 valence electrons. The first-order chi connectivity index (χ1) is 19.4. The van der Waals surface area contributed by atoms with Gasteiger partial charge < -0.3 is 46.1 Å². The standard InChI is InChI=1S/C25H28B2N4O10/c1-12(29-23(35)13-2-4-15-10-40-26(38)18(15)6-13)22(25(37)30-17(8-20(28)32)9-21(33)34)31-24(36)14-3-5-16-11-41-27(39)19(16)7-14/h2-7,12,17,22,38-39H,8-11H2,1H3,(H2,28,32)(H,29,35)(H,30,37)(H,31,36)(H,33,34)/t12-,17?,22-/m0/s1. The minimum atomic E-state index is -1.44. The van der Waals surface area contributed by atoms with Crippen molar-refractivity contribution < 1.29 is 48.4 Å². The molecule has 2 aliphatic heterocycles. The van der Waals surface area contributed by atoms with Gasteiger partial charge in [0.05, 0.1) is 25.7 Å². The smallest absolute Gasteiger partial charge is 0.481 e. The maximum absolute atomic E-state index is 13.3. The van der Waals surface area contributed by atoms with Crippen LogP contribution >= 0.6 is 0 Å². The number of nitrogens with one attached hydrogen (secondary N) is 3. The highest BCUT2D eigenvalue weighted by Gasteiger charge is 2.33. The van der Waals surface area contributed by atoms with E-state index in [0.717, 1.165) is 5.56 Å². The van der Waals surface area contributed by atoms with Gasteiger partial charge in [-0.1, -0.05) is 12.1 Å². The second-order valence-electron chi connectivity index (χ2n) is 9.84. The summed E-state index contributed by atoms with van der Waals surface area (Å²) in [5, 5.41) is 36.8. The van der Waals surface area contributed by atoms with Crippen molar-refractivity contribution >= 4 is 54.8 Å². The lowest BCUT2D eigenvalue weighted by Gasteiger charge is -2.27. The Morgan fingerprint density at radius 3 is 1.85 bits per heavy atom. The largest absolute Gasteiger partial charge is 0.491 e. The number of primary amides is 1. The summed E-state index contributed by atoms with van der Waals surface area (Å²) in [5.41, 5.74) is 7.69. The highest BCUT2D eigenvalue weighted by molar-refractivity contribution is 6.62. The van der Waals surface area contributed by atoms with E-state index in [4.69, 9.17) is 15.0 Å².